The van der Waals surface area contributed by atoms with Crippen LogP contribution >= 0.6 is 0 Å². The minimum absolute atomic E-state index is 0.0388. The number of hydrogen-bond donors (Lipinski definition) is 2. The van der Waals surface area contributed by atoms with Gasteiger partial charge >= 0.3 is 0 Å². The molecule has 0 spiro atoms. The highest BCUT2D eigenvalue weighted by molar-refractivity contribution is 7.90. The Bertz CT molecular complexity index is 673. The van der Waals surface area contributed by atoms with Gasteiger partial charge in [0.05, 0.1) is 6.07 Å². The molecule has 18 heavy (non-hydrogen) atoms. The molecule has 2 rings (SSSR count). The van der Waals surface area contributed by atoms with E-state index in [4.69, 9.17) is 5.26 Å². The fourth-order valence-electron chi connectivity index (χ4n) is 1.44. The van der Waals surface area contributed by atoms with Crippen molar-refractivity contribution in [1.29, 1.82) is 5.26 Å². The van der Waals surface area contributed by atoms with Crippen LogP contribution in [-0.2, 0) is 14.8 Å². The van der Waals surface area contributed by atoms with Crippen molar-refractivity contribution in [2.75, 3.05) is 0 Å². The fourth-order valence-corrected chi connectivity index (χ4v) is 2.62. The van der Waals surface area contributed by atoms with Gasteiger partial charge in [-0.25, -0.2) is 0 Å². The van der Waals surface area contributed by atoms with E-state index in [-0.39, 0.29) is 17.2 Å². The number of fused-ring (bicyclic) bond motifs is 1. The number of sulfonamides is 1. The van der Waals surface area contributed by atoms with Crippen LogP contribution < -0.4 is 10.9 Å². The number of carbonyl (C=O) groups excluding carboxylic acids is 1. The first-order valence-electron chi connectivity index (χ1n) is 4.91. The molecular weight excluding hydrogens is 256 g/mol. The Labute approximate surface area is 103 Å². The summed E-state index contributed by atoms with van der Waals surface area (Å²) < 4.78 is 26.8. The largest absolute Gasteiger partial charge is 0.285 e. The molecule has 0 bridgehead atoms. The van der Waals surface area contributed by atoms with E-state index in [1.807, 2.05) is 0 Å². The number of amides is 1. The molecule has 1 heterocycles. The number of hydrogen-bond acceptors (Lipinski definition) is 5. The summed E-state index contributed by atoms with van der Waals surface area (Å²) >= 11 is 0. The molecule has 92 valence electrons. The van der Waals surface area contributed by atoms with Crippen molar-refractivity contribution in [3.63, 3.8) is 0 Å². The van der Waals surface area contributed by atoms with Crippen molar-refractivity contribution in [2.45, 2.75) is 11.3 Å². The molecule has 0 aliphatic carbocycles. The first-order chi connectivity index (χ1) is 8.54. The number of carbonyl (C=O) groups is 1. The van der Waals surface area contributed by atoms with Gasteiger partial charge in [0.2, 0.25) is 0 Å². The summed E-state index contributed by atoms with van der Waals surface area (Å²) in [5.74, 6) is -0.529. The third kappa shape index (κ3) is 2.16. The zero-order chi connectivity index (χ0) is 13.2. The molecule has 0 unspecified atom stereocenters. The Morgan fingerprint density at radius 3 is 2.83 bits per heavy atom. The van der Waals surface area contributed by atoms with E-state index in [9.17, 15) is 13.2 Å². The first kappa shape index (κ1) is 12.1. The Hall–Kier alpha value is -2.40. The molecule has 0 saturated heterocycles. The summed E-state index contributed by atoms with van der Waals surface area (Å²) in [7, 11) is -3.71. The standard InChI is InChI=1S/C10H8N4O3S/c11-6-5-9(15)12-13-10-7-3-1-2-4-8(7)18(16,17)14-10/h1-4H,5H2,(H,12,15)(H,13,14). The van der Waals surface area contributed by atoms with Crippen molar-refractivity contribution in [1.82, 2.24) is 10.9 Å². The second-order valence-electron chi connectivity index (χ2n) is 3.42. The maximum atomic E-state index is 11.6. The maximum absolute atomic E-state index is 11.6. The van der Waals surface area contributed by atoms with E-state index in [1.165, 1.54) is 6.07 Å². The zero-order valence-corrected chi connectivity index (χ0v) is 9.86. The Morgan fingerprint density at radius 1 is 1.39 bits per heavy atom. The molecule has 2 N–H and O–H groups in total. The molecular formula is C10H8N4O3S. The summed E-state index contributed by atoms with van der Waals surface area (Å²) in [5.41, 5.74) is 4.98. The molecule has 0 aromatic heterocycles. The molecule has 1 aliphatic rings. The van der Waals surface area contributed by atoms with Gasteiger partial charge in [0, 0.05) is 5.56 Å². The van der Waals surface area contributed by atoms with E-state index in [0.717, 1.165) is 0 Å². The van der Waals surface area contributed by atoms with Crippen LogP contribution in [0.15, 0.2) is 33.6 Å². The Morgan fingerprint density at radius 2 is 2.11 bits per heavy atom. The van der Waals surface area contributed by atoms with Gasteiger partial charge in [-0.2, -0.15) is 13.7 Å². The predicted octanol–water partition coefficient (Wildman–Crippen LogP) is -0.330. The molecule has 0 atom stereocenters. The lowest BCUT2D eigenvalue weighted by Crippen LogP contribution is -2.41. The van der Waals surface area contributed by atoms with Crippen LogP contribution in [-0.4, -0.2) is 20.2 Å². The molecule has 0 saturated carbocycles. The van der Waals surface area contributed by atoms with Gasteiger partial charge in [-0.05, 0) is 12.1 Å². The van der Waals surface area contributed by atoms with Crippen molar-refractivity contribution in [3.05, 3.63) is 29.8 Å². The lowest BCUT2D eigenvalue weighted by atomic mass is 10.2. The van der Waals surface area contributed by atoms with Crippen LogP contribution in [0.2, 0.25) is 0 Å². The number of hydrazine groups is 1. The highest BCUT2D eigenvalue weighted by atomic mass is 32.2. The monoisotopic (exact) mass is 264 g/mol. The van der Waals surface area contributed by atoms with Crippen molar-refractivity contribution < 1.29 is 13.2 Å². The van der Waals surface area contributed by atoms with E-state index < -0.39 is 15.9 Å². The predicted molar refractivity (Wildman–Crippen MR) is 61.7 cm³/mol. The summed E-state index contributed by atoms with van der Waals surface area (Å²) in [6.07, 6.45) is -0.325. The molecule has 1 aromatic rings. The van der Waals surface area contributed by atoms with E-state index >= 15 is 0 Å². The third-order valence-corrected chi connectivity index (χ3v) is 3.53. The smallest absolute Gasteiger partial charge is 0.281 e. The molecule has 8 heteroatoms. The number of nitrogens with one attached hydrogen (secondary N) is 2. The average molecular weight is 264 g/mol. The van der Waals surface area contributed by atoms with Gasteiger partial charge in [0.1, 0.15) is 11.3 Å². The number of rotatable bonds is 1. The summed E-state index contributed by atoms with van der Waals surface area (Å²) in [4.78, 5) is 11.2. The molecule has 1 aliphatic heterocycles. The fraction of sp³-hybridized carbons (Fsp3) is 0.100. The van der Waals surface area contributed by atoms with Gasteiger partial charge in [-0.15, -0.1) is 4.40 Å². The number of benzene rings is 1. The van der Waals surface area contributed by atoms with E-state index in [1.54, 1.807) is 24.3 Å². The topological polar surface area (TPSA) is 111 Å². The van der Waals surface area contributed by atoms with Crippen LogP contribution in [0.1, 0.15) is 12.0 Å². The quantitative estimate of drug-likeness (QED) is 0.674. The second kappa shape index (κ2) is 4.46. The number of nitrogens with zero attached hydrogens (tertiary/aromatic N) is 2. The summed E-state index contributed by atoms with van der Waals surface area (Å²) in [6.45, 7) is 0. The summed E-state index contributed by atoms with van der Waals surface area (Å²) in [6, 6.07) is 7.92. The minimum Gasteiger partial charge on any atom is -0.281 e. The lowest BCUT2D eigenvalue weighted by Gasteiger charge is -2.06. The Balaban J connectivity index is 2.22. The van der Waals surface area contributed by atoms with Gasteiger partial charge in [0.15, 0.2) is 5.84 Å². The van der Waals surface area contributed by atoms with Crippen LogP contribution in [0.3, 0.4) is 0 Å². The first-order valence-corrected chi connectivity index (χ1v) is 6.35. The Kier molecular flexibility index (Phi) is 2.99. The molecule has 0 radical (unpaired) electrons. The highest BCUT2D eigenvalue weighted by Crippen LogP contribution is 2.24. The van der Waals surface area contributed by atoms with Gasteiger partial charge in [-0.3, -0.25) is 15.6 Å². The van der Waals surface area contributed by atoms with E-state index in [0.29, 0.717) is 5.56 Å². The van der Waals surface area contributed by atoms with Crippen molar-refractivity contribution >= 4 is 21.8 Å². The highest BCUT2D eigenvalue weighted by Gasteiger charge is 2.28. The van der Waals surface area contributed by atoms with Crippen LogP contribution in [0, 0.1) is 11.3 Å². The average Bonchev–Trinajstić information content (AvgIpc) is 2.60. The van der Waals surface area contributed by atoms with Crippen molar-refractivity contribution in [3.8, 4) is 6.07 Å². The summed E-state index contributed by atoms with van der Waals surface area (Å²) in [5, 5.41) is 8.30. The van der Waals surface area contributed by atoms with Gasteiger partial charge in [-0.1, -0.05) is 12.1 Å². The molecule has 1 amide bonds. The molecule has 0 fully saturated rings. The lowest BCUT2D eigenvalue weighted by molar-refractivity contribution is -0.120. The molecule has 7 nitrogen and oxygen atoms in total. The second-order valence-corrected chi connectivity index (χ2v) is 4.99. The van der Waals surface area contributed by atoms with E-state index in [2.05, 4.69) is 15.2 Å². The van der Waals surface area contributed by atoms with Gasteiger partial charge < -0.3 is 0 Å². The van der Waals surface area contributed by atoms with Crippen molar-refractivity contribution in [2.24, 2.45) is 4.40 Å². The van der Waals surface area contributed by atoms with Crippen LogP contribution in [0.25, 0.3) is 0 Å². The maximum Gasteiger partial charge on any atom is 0.285 e. The number of nitriles is 1. The van der Waals surface area contributed by atoms with Gasteiger partial charge in [0.25, 0.3) is 15.9 Å². The SMILES string of the molecule is N#CCC(=O)NNC1=NS(=O)(=O)c2ccccc21. The number of amidine groups is 1. The van der Waals surface area contributed by atoms with Crippen LogP contribution in [0.5, 0.6) is 0 Å². The minimum atomic E-state index is -3.71. The van der Waals surface area contributed by atoms with Crippen LogP contribution in [0.4, 0.5) is 0 Å². The normalized spacial score (nSPS) is 15.2. The molecule has 1 aromatic carbocycles. The third-order valence-electron chi connectivity index (χ3n) is 2.19. The zero-order valence-electron chi connectivity index (χ0n) is 9.04.